The van der Waals surface area contributed by atoms with Crippen molar-refractivity contribution in [2.24, 2.45) is 0 Å². The zero-order valence-electron chi connectivity index (χ0n) is 16.3. The second-order valence-corrected chi connectivity index (χ2v) is 7.46. The van der Waals surface area contributed by atoms with Crippen molar-refractivity contribution in [2.75, 3.05) is 18.0 Å². The number of rotatable bonds is 11. The zero-order chi connectivity index (χ0) is 18.8. The van der Waals surface area contributed by atoms with Crippen molar-refractivity contribution in [1.82, 2.24) is 0 Å². The van der Waals surface area contributed by atoms with Gasteiger partial charge in [-0.1, -0.05) is 44.4 Å². The highest BCUT2D eigenvalue weighted by Crippen LogP contribution is 2.21. The second-order valence-electron chi connectivity index (χ2n) is 6.55. The first-order valence-corrected chi connectivity index (χ1v) is 10.7. The third kappa shape index (κ3) is 5.84. The Morgan fingerprint density at radius 2 is 1.73 bits per heavy atom. The van der Waals surface area contributed by atoms with Crippen molar-refractivity contribution in [3.63, 3.8) is 0 Å². The highest BCUT2D eigenvalue weighted by Gasteiger charge is 2.10. The molecule has 1 aromatic carbocycles. The molecule has 0 amide bonds. The first-order valence-electron chi connectivity index (χ1n) is 9.83. The van der Waals surface area contributed by atoms with E-state index in [-0.39, 0.29) is 5.78 Å². The molecule has 0 N–H and O–H groups in total. The molecule has 0 saturated carbocycles. The summed E-state index contributed by atoms with van der Waals surface area (Å²) in [6, 6.07) is 10.5. The molecule has 0 fully saturated rings. The van der Waals surface area contributed by atoms with Gasteiger partial charge in [-0.25, -0.2) is 0 Å². The molecule has 0 unspecified atom stereocenters. The van der Waals surface area contributed by atoms with Crippen LogP contribution in [0.15, 0.2) is 41.8 Å². The maximum Gasteiger partial charge on any atom is 0.196 e. The summed E-state index contributed by atoms with van der Waals surface area (Å²) in [6.45, 7) is 8.56. The molecule has 0 radical (unpaired) electrons. The third-order valence-corrected chi connectivity index (χ3v) is 5.69. The summed E-state index contributed by atoms with van der Waals surface area (Å²) in [5.41, 5.74) is 3.50. The average molecular weight is 370 g/mol. The molecular weight excluding hydrogens is 338 g/mol. The Morgan fingerprint density at radius 3 is 2.38 bits per heavy atom. The molecule has 0 spiro atoms. The molecular formula is C23H31NOS. The number of allylic oxidation sites excluding steroid dienone is 1. The van der Waals surface area contributed by atoms with Gasteiger partial charge in [-0.15, -0.1) is 11.3 Å². The van der Waals surface area contributed by atoms with Crippen LogP contribution in [-0.2, 0) is 6.42 Å². The molecule has 0 saturated heterocycles. The lowest BCUT2D eigenvalue weighted by molar-refractivity contribution is 0.105. The summed E-state index contributed by atoms with van der Waals surface area (Å²) in [5, 5.41) is 2.04. The number of aryl methyl sites for hydroxylation is 1. The number of carbonyl (C=O) groups excluding carboxylic acids is 1. The van der Waals surface area contributed by atoms with Gasteiger partial charge in [0.05, 0.1) is 4.88 Å². The van der Waals surface area contributed by atoms with Crippen LogP contribution in [0, 0.1) is 0 Å². The highest BCUT2D eigenvalue weighted by molar-refractivity contribution is 7.12. The molecule has 1 aromatic heterocycles. The predicted octanol–water partition coefficient (Wildman–Crippen LogP) is 6.61. The van der Waals surface area contributed by atoms with Gasteiger partial charge in [-0.05, 0) is 67.5 Å². The van der Waals surface area contributed by atoms with E-state index in [2.05, 4.69) is 56.0 Å². The normalized spacial score (nSPS) is 11.2. The number of thiophene rings is 1. The summed E-state index contributed by atoms with van der Waals surface area (Å²) in [6.07, 6.45) is 9.58. The molecule has 0 atom stereocenters. The fourth-order valence-electron chi connectivity index (χ4n) is 3.12. The van der Waals surface area contributed by atoms with Crippen LogP contribution in [-0.4, -0.2) is 18.9 Å². The largest absolute Gasteiger partial charge is 0.372 e. The van der Waals surface area contributed by atoms with E-state index >= 15 is 0 Å². The molecule has 2 aromatic rings. The molecule has 26 heavy (non-hydrogen) atoms. The Morgan fingerprint density at radius 1 is 1.00 bits per heavy atom. The van der Waals surface area contributed by atoms with Gasteiger partial charge in [-0.2, -0.15) is 0 Å². The van der Waals surface area contributed by atoms with E-state index < -0.39 is 0 Å². The predicted molar refractivity (Wildman–Crippen MR) is 116 cm³/mol. The number of ketones is 1. The van der Waals surface area contributed by atoms with Crippen molar-refractivity contribution in [2.45, 2.75) is 52.9 Å². The van der Waals surface area contributed by atoms with Crippen molar-refractivity contribution >= 4 is 28.9 Å². The number of unbranched alkanes of at least 4 members (excludes halogenated alkanes) is 3. The number of hydrogen-bond donors (Lipinski definition) is 0. The molecule has 1 heterocycles. The van der Waals surface area contributed by atoms with Gasteiger partial charge in [0.15, 0.2) is 5.78 Å². The fourth-order valence-corrected chi connectivity index (χ4v) is 4.00. The molecule has 3 heteroatoms. The van der Waals surface area contributed by atoms with E-state index in [4.69, 9.17) is 0 Å². The molecule has 0 aliphatic carbocycles. The van der Waals surface area contributed by atoms with E-state index in [9.17, 15) is 4.79 Å². The lowest BCUT2D eigenvalue weighted by Crippen LogP contribution is -2.21. The summed E-state index contributed by atoms with van der Waals surface area (Å²) in [7, 11) is 0. The van der Waals surface area contributed by atoms with Crippen LogP contribution in [0.3, 0.4) is 0 Å². The van der Waals surface area contributed by atoms with E-state index in [1.807, 2.05) is 11.5 Å². The van der Waals surface area contributed by atoms with Gasteiger partial charge in [-0.3, -0.25) is 4.79 Å². The van der Waals surface area contributed by atoms with Crippen molar-refractivity contribution in [1.29, 1.82) is 0 Å². The van der Waals surface area contributed by atoms with Crippen LogP contribution in [0.5, 0.6) is 0 Å². The number of nitrogens with zero attached hydrogens (tertiary/aromatic N) is 1. The van der Waals surface area contributed by atoms with E-state index in [1.54, 1.807) is 17.4 Å². The molecule has 0 aliphatic heterocycles. The Labute approximate surface area is 162 Å². The lowest BCUT2D eigenvalue weighted by Gasteiger charge is -2.20. The van der Waals surface area contributed by atoms with Gasteiger partial charge in [0.1, 0.15) is 0 Å². The average Bonchev–Trinajstić information content (AvgIpc) is 3.14. The third-order valence-electron chi connectivity index (χ3n) is 4.72. The lowest BCUT2D eigenvalue weighted by atomic mass is 10.1. The Hall–Kier alpha value is -1.87. The Kier molecular flexibility index (Phi) is 8.63. The van der Waals surface area contributed by atoms with Crippen LogP contribution in [0.25, 0.3) is 6.08 Å². The molecule has 2 rings (SSSR count). The fraction of sp³-hybridized carbons (Fsp3) is 0.435. The van der Waals surface area contributed by atoms with Gasteiger partial charge in [0.25, 0.3) is 0 Å². The summed E-state index contributed by atoms with van der Waals surface area (Å²) in [4.78, 5) is 15.8. The van der Waals surface area contributed by atoms with Crippen molar-refractivity contribution < 1.29 is 4.79 Å². The van der Waals surface area contributed by atoms with E-state index in [1.165, 1.54) is 36.9 Å². The van der Waals surface area contributed by atoms with Gasteiger partial charge in [0, 0.05) is 18.8 Å². The van der Waals surface area contributed by atoms with Crippen LogP contribution in [0.2, 0.25) is 0 Å². The number of hydrogen-bond acceptors (Lipinski definition) is 3. The minimum atomic E-state index is 0.123. The molecule has 0 bridgehead atoms. The smallest absolute Gasteiger partial charge is 0.196 e. The van der Waals surface area contributed by atoms with Gasteiger partial charge < -0.3 is 4.90 Å². The quantitative estimate of drug-likeness (QED) is 0.252. The summed E-state index contributed by atoms with van der Waals surface area (Å²) >= 11 is 1.56. The van der Waals surface area contributed by atoms with Crippen molar-refractivity contribution in [3.8, 4) is 0 Å². The zero-order valence-corrected chi connectivity index (χ0v) is 17.1. The minimum absolute atomic E-state index is 0.123. The molecule has 140 valence electrons. The Bertz CT molecular complexity index is 695. The highest BCUT2D eigenvalue weighted by atomic mass is 32.1. The summed E-state index contributed by atoms with van der Waals surface area (Å²) in [5.74, 6) is 0.123. The van der Waals surface area contributed by atoms with Gasteiger partial charge in [0.2, 0.25) is 0 Å². The van der Waals surface area contributed by atoms with Crippen LogP contribution in [0.4, 0.5) is 5.69 Å². The SMILES string of the molecule is CCCCCCc1ccsc1C(=O)C=Cc1ccc(N(CC)CC)cc1. The number of anilines is 1. The summed E-state index contributed by atoms with van der Waals surface area (Å²) < 4.78 is 0. The minimum Gasteiger partial charge on any atom is -0.372 e. The Balaban J connectivity index is 1.98. The van der Waals surface area contributed by atoms with Crippen LogP contribution >= 0.6 is 11.3 Å². The van der Waals surface area contributed by atoms with E-state index in [0.29, 0.717) is 0 Å². The number of carbonyl (C=O) groups is 1. The first-order chi connectivity index (χ1) is 12.7. The monoisotopic (exact) mass is 369 g/mol. The topological polar surface area (TPSA) is 20.3 Å². The van der Waals surface area contributed by atoms with Crippen LogP contribution in [0.1, 0.15) is 67.3 Å². The van der Waals surface area contributed by atoms with Gasteiger partial charge >= 0.3 is 0 Å². The van der Waals surface area contributed by atoms with Crippen molar-refractivity contribution in [3.05, 3.63) is 57.8 Å². The second kappa shape index (κ2) is 11.0. The maximum absolute atomic E-state index is 12.6. The maximum atomic E-state index is 12.6. The first kappa shape index (κ1) is 20.4. The molecule has 2 nitrogen and oxygen atoms in total. The van der Waals surface area contributed by atoms with E-state index in [0.717, 1.165) is 30.0 Å². The number of benzene rings is 1. The molecule has 0 aliphatic rings. The van der Waals surface area contributed by atoms with Crippen LogP contribution < -0.4 is 4.90 Å². The standard InChI is InChI=1S/C23H31NOS/c1-4-7-8-9-10-20-17-18-26-23(20)22(25)16-13-19-11-14-21(15-12-19)24(5-2)6-3/h11-18H,4-10H2,1-3H3.